The van der Waals surface area contributed by atoms with Gasteiger partial charge in [0.05, 0.1) is 13.2 Å². The number of hydrogen-bond donors (Lipinski definition) is 1. The minimum atomic E-state index is -0.534. The fraction of sp³-hybridized carbons (Fsp3) is 0.881. The van der Waals surface area contributed by atoms with Crippen molar-refractivity contribution in [3.63, 3.8) is 0 Å². The molecule has 4 nitrogen and oxygen atoms in total. The molecule has 4 heteroatoms. The number of carbonyl (C=O) groups is 1. The highest BCUT2D eigenvalue weighted by Gasteiger charge is 2.13. The fourth-order valence-electron chi connectivity index (χ4n) is 5.95. The first-order valence-electron chi connectivity index (χ1n) is 20.4. The summed E-state index contributed by atoms with van der Waals surface area (Å²) in [6, 6.07) is 0. The molecule has 0 aliphatic heterocycles. The molecule has 0 aliphatic rings. The van der Waals surface area contributed by atoms with E-state index in [1.807, 2.05) is 0 Å². The maximum Gasteiger partial charge on any atom is 0.306 e. The highest BCUT2D eigenvalue weighted by Crippen LogP contribution is 2.15. The first kappa shape index (κ1) is 44.9. The topological polar surface area (TPSA) is 55.8 Å². The molecule has 0 aromatic rings. The van der Waals surface area contributed by atoms with Crippen LogP contribution >= 0.6 is 0 Å². The van der Waals surface area contributed by atoms with E-state index < -0.39 is 6.10 Å². The van der Waals surface area contributed by atoms with E-state index in [2.05, 4.69) is 38.2 Å². The molecular weight excluding hydrogens is 568 g/mol. The molecular formula is C42H80O4. The maximum absolute atomic E-state index is 12.2. The summed E-state index contributed by atoms with van der Waals surface area (Å²) >= 11 is 0. The van der Waals surface area contributed by atoms with Gasteiger partial charge in [0, 0.05) is 13.0 Å². The lowest BCUT2D eigenvalue weighted by molar-refractivity contribution is -0.154. The minimum absolute atomic E-state index is 0.172. The Morgan fingerprint density at radius 3 is 1.43 bits per heavy atom. The molecule has 0 fully saturated rings. The molecule has 0 aromatic carbocycles. The lowest BCUT2D eigenvalue weighted by Gasteiger charge is -2.15. The molecule has 0 radical (unpaired) electrons. The molecule has 1 unspecified atom stereocenters. The lowest BCUT2D eigenvalue weighted by Crippen LogP contribution is -2.27. The zero-order valence-corrected chi connectivity index (χ0v) is 31.1. The van der Waals surface area contributed by atoms with Gasteiger partial charge in [-0.1, -0.05) is 192 Å². The molecule has 0 aliphatic carbocycles. The molecule has 0 saturated carbocycles. The quantitative estimate of drug-likeness (QED) is 0.0411. The minimum Gasteiger partial charge on any atom is -0.457 e. The molecule has 0 saturated heterocycles. The first-order chi connectivity index (χ1) is 22.7. The van der Waals surface area contributed by atoms with Gasteiger partial charge in [0.25, 0.3) is 0 Å². The third kappa shape index (κ3) is 37.3. The van der Waals surface area contributed by atoms with E-state index in [1.54, 1.807) is 0 Å². The molecule has 0 spiro atoms. The summed E-state index contributed by atoms with van der Waals surface area (Å²) < 4.78 is 11.1. The molecule has 0 rings (SSSR count). The summed E-state index contributed by atoms with van der Waals surface area (Å²) in [7, 11) is 0. The number of unbranched alkanes of at least 4 members (excludes halogenated alkanes) is 26. The number of aliphatic hydroxyl groups is 1. The normalized spacial score (nSPS) is 12.5. The second-order valence-electron chi connectivity index (χ2n) is 13.7. The van der Waals surface area contributed by atoms with Gasteiger partial charge in [-0.05, 0) is 38.5 Å². The zero-order chi connectivity index (χ0) is 33.4. The molecule has 0 bridgehead atoms. The summed E-state index contributed by atoms with van der Waals surface area (Å²) in [5, 5.41) is 9.58. The van der Waals surface area contributed by atoms with Crippen molar-refractivity contribution < 1.29 is 19.4 Å². The molecule has 1 N–H and O–H groups in total. The molecule has 272 valence electrons. The van der Waals surface area contributed by atoms with Crippen LogP contribution in [0.4, 0.5) is 0 Å². The molecule has 0 amide bonds. The van der Waals surface area contributed by atoms with Gasteiger partial charge >= 0.3 is 5.97 Å². The highest BCUT2D eigenvalue weighted by molar-refractivity contribution is 5.69. The smallest absolute Gasteiger partial charge is 0.306 e. The Hall–Kier alpha value is -1.13. The van der Waals surface area contributed by atoms with Crippen molar-refractivity contribution >= 4 is 5.97 Å². The van der Waals surface area contributed by atoms with Crippen LogP contribution in [0.3, 0.4) is 0 Å². The van der Waals surface area contributed by atoms with Crippen LogP contribution in [-0.2, 0) is 14.3 Å². The van der Waals surface area contributed by atoms with Gasteiger partial charge in [-0.25, -0.2) is 0 Å². The van der Waals surface area contributed by atoms with Crippen LogP contribution in [0.5, 0.6) is 0 Å². The molecule has 46 heavy (non-hydrogen) atoms. The van der Waals surface area contributed by atoms with Crippen molar-refractivity contribution in [1.29, 1.82) is 0 Å². The van der Waals surface area contributed by atoms with Gasteiger partial charge in [-0.2, -0.15) is 0 Å². The summed E-state index contributed by atoms with van der Waals surface area (Å²) in [6.45, 7) is 5.29. The van der Waals surface area contributed by atoms with Crippen LogP contribution in [0.15, 0.2) is 24.3 Å². The monoisotopic (exact) mass is 649 g/mol. The van der Waals surface area contributed by atoms with Crippen LogP contribution in [0.1, 0.15) is 213 Å². The summed E-state index contributed by atoms with van der Waals surface area (Å²) in [6.07, 6.45) is 48.0. The third-order valence-electron chi connectivity index (χ3n) is 9.01. The van der Waals surface area contributed by atoms with Crippen molar-refractivity contribution in [2.75, 3.05) is 19.8 Å². The van der Waals surface area contributed by atoms with Gasteiger partial charge in [-0.3, -0.25) is 4.79 Å². The average Bonchev–Trinajstić information content (AvgIpc) is 3.06. The van der Waals surface area contributed by atoms with E-state index >= 15 is 0 Å². The summed E-state index contributed by atoms with van der Waals surface area (Å²) in [4.78, 5) is 12.2. The number of aliphatic hydroxyl groups excluding tert-OH is 1. The van der Waals surface area contributed by atoms with Crippen LogP contribution in [0, 0.1) is 0 Å². The standard InChI is InChI=1S/C42H80O4/c1-3-5-7-9-11-13-15-17-19-20-21-22-23-24-25-27-29-31-33-35-37-42(44)46-41(39-43)40-45-38-36-34-32-30-28-26-18-16-14-12-10-8-6-4-2/h8,10,14,16,41,43H,3-7,9,11-13,15,17-40H2,1-2H3/b10-8-,16-14-. The van der Waals surface area contributed by atoms with Crippen LogP contribution in [0.2, 0.25) is 0 Å². The highest BCUT2D eigenvalue weighted by atomic mass is 16.6. The average molecular weight is 649 g/mol. The van der Waals surface area contributed by atoms with Crippen molar-refractivity contribution in [3.8, 4) is 0 Å². The van der Waals surface area contributed by atoms with Gasteiger partial charge < -0.3 is 14.6 Å². The van der Waals surface area contributed by atoms with E-state index in [1.165, 1.54) is 167 Å². The van der Waals surface area contributed by atoms with E-state index in [9.17, 15) is 9.90 Å². The lowest BCUT2D eigenvalue weighted by atomic mass is 10.0. The predicted octanol–water partition coefficient (Wildman–Crippen LogP) is 13.2. The number of rotatable bonds is 38. The van der Waals surface area contributed by atoms with Crippen LogP contribution in [0.25, 0.3) is 0 Å². The fourth-order valence-corrected chi connectivity index (χ4v) is 5.95. The maximum atomic E-state index is 12.2. The summed E-state index contributed by atoms with van der Waals surface area (Å²) in [5.41, 5.74) is 0. The Balaban J connectivity index is 3.39. The van der Waals surface area contributed by atoms with E-state index in [0.717, 1.165) is 25.7 Å². The van der Waals surface area contributed by atoms with E-state index in [4.69, 9.17) is 9.47 Å². The number of ether oxygens (including phenoxy) is 2. The number of allylic oxidation sites excluding steroid dienone is 4. The number of hydrogen-bond acceptors (Lipinski definition) is 4. The zero-order valence-electron chi connectivity index (χ0n) is 31.1. The Morgan fingerprint density at radius 2 is 0.957 bits per heavy atom. The van der Waals surface area contributed by atoms with E-state index in [-0.39, 0.29) is 12.6 Å². The molecule has 0 aromatic heterocycles. The third-order valence-corrected chi connectivity index (χ3v) is 9.01. The van der Waals surface area contributed by atoms with Crippen molar-refractivity contribution in [2.45, 2.75) is 219 Å². The predicted molar refractivity (Wildman–Crippen MR) is 201 cm³/mol. The Kier molecular flexibility index (Phi) is 39.1. The first-order valence-corrected chi connectivity index (χ1v) is 20.4. The van der Waals surface area contributed by atoms with Gasteiger partial charge in [0.15, 0.2) is 0 Å². The van der Waals surface area contributed by atoms with E-state index in [0.29, 0.717) is 19.6 Å². The van der Waals surface area contributed by atoms with Gasteiger partial charge in [-0.15, -0.1) is 0 Å². The van der Waals surface area contributed by atoms with Crippen molar-refractivity contribution in [2.24, 2.45) is 0 Å². The Labute approximate surface area is 288 Å². The second-order valence-corrected chi connectivity index (χ2v) is 13.7. The van der Waals surface area contributed by atoms with Crippen LogP contribution < -0.4 is 0 Å². The Morgan fingerprint density at radius 1 is 0.522 bits per heavy atom. The number of esters is 1. The molecule has 0 heterocycles. The second kappa shape index (κ2) is 40.0. The van der Waals surface area contributed by atoms with Crippen molar-refractivity contribution in [3.05, 3.63) is 24.3 Å². The van der Waals surface area contributed by atoms with Gasteiger partial charge in [0.2, 0.25) is 0 Å². The Bertz CT molecular complexity index is 644. The SMILES string of the molecule is CCC/C=C\C/C=C\CCCCCCCCOCC(CO)OC(=O)CCCCCCCCCCCCCCCCCCCCCC. The van der Waals surface area contributed by atoms with Crippen LogP contribution in [-0.4, -0.2) is 37.0 Å². The molecule has 1 atom stereocenters. The van der Waals surface area contributed by atoms with Gasteiger partial charge in [0.1, 0.15) is 6.10 Å². The number of carbonyl (C=O) groups excluding carboxylic acids is 1. The van der Waals surface area contributed by atoms with Crippen molar-refractivity contribution in [1.82, 2.24) is 0 Å². The largest absolute Gasteiger partial charge is 0.457 e. The summed E-state index contributed by atoms with van der Waals surface area (Å²) in [5.74, 6) is -0.201.